The molecule has 0 heterocycles. The second-order valence-electron chi connectivity index (χ2n) is 3.88. The summed E-state index contributed by atoms with van der Waals surface area (Å²) in [7, 11) is 1.93. The lowest BCUT2D eigenvalue weighted by Gasteiger charge is -2.20. The zero-order valence-electron chi connectivity index (χ0n) is 9.48. The lowest BCUT2D eigenvalue weighted by Crippen LogP contribution is -2.21. The maximum absolute atomic E-state index is 10.6. The molecular weight excluding hydrogens is 226 g/mol. The zero-order chi connectivity index (χ0) is 12.1. The summed E-state index contributed by atoms with van der Waals surface area (Å²) in [6, 6.07) is 5.30. The highest BCUT2D eigenvalue weighted by Gasteiger charge is 2.06. The Bertz CT molecular complexity index is 366. The van der Waals surface area contributed by atoms with Crippen molar-refractivity contribution in [2.24, 2.45) is 0 Å². The minimum absolute atomic E-state index is 0.313. The molecule has 16 heavy (non-hydrogen) atoms. The van der Waals surface area contributed by atoms with Crippen LogP contribution in [0.25, 0.3) is 0 Å². The maximum Gasteiger partial charge on any atom is 0.151 e. The van der Waals surface area contributed by atoms with Crippen LogP contribution in [0.1, 0.15) is 23.7 Å². The first kappa shape index (κ1) is 13.0. The standard InChI is InChI=1S/C12H16ClNO2/c1-9(16)5-6-14(2)11-4-3-10(8-15)12(13)7-11/h3-4,7-9,16H,5-6H2,1-2H3. The van der Waals surface area contributed by atoms with Crippen molar-refractivity contribution in [2.75, 3.05) is 18.5 Å². The zero-order valence-corrected chi connectivity index (χ0v) is 10.2. The Kier molecular flexibility index (Phi) is 4.77. The molecule has 0 aromatic heterocycles. The van der Waals surface area contributed by atoms with Crippen LogP contribution < -0.4 is 4.90 Å². The molecule has 0 aliphatic rings. The predicted octanol–water partition coefficient (Wildman–Crippen LogP) is 2.36. The van der Waals surface area contributed by atoms with Gasteiger partial charge in [-0.15, -0.1) is 0 Å². The number of nitrogens with zero attached hydrogens (tertiary/aromatic N) is 1. The van der Waals surface area contributed by atoms with Crippen molar-refractivity contribution in [3.8, 4) is 0 Å². The third-order valence-corrected chi connectivity index (χ3v) is 2.76. The molecule has 0 saturated carbocycles. The second-order valence-corrected chi connectivity index (χ2v) is 4.29. The van der Waals surface area contributed by atoms with Crippen LogP contribution in [-0.4, -0.2) is 31.1 Å². The largest absolute Gasteiger partial charge is 0.393 e. The average molecular weight is 242 g/mol. The Balaban J connectivity index is 2.72. The van der Waals surface area contributed by atoms with Gasteiger partial charge in [0.1, 0.15) is 0 Å². The molecule has 0 amide bonds. The summed E-state index contributed by atoms with van der Waals surface area (Å²) in [6.07, 6.45) is 1.12. The van der Waals surface area contributed by atoms with Crippen molar-refractivity contribution < 1.29 is 9.90 Å². The number of hydrogen-bond donors (Lipinski definition) is 1. The molecule has 1 aromatic rings. The van der Waals surface area contributed by atoms with E-state index >= 15 is 0 Å². The average Bonchev–Trinajstić information content (AvgIpc) is 2.25. The first-order valence-corrected chi connectivity index (χ1v) is 5.56. The number of aliphatic hydroxyl groups excluding tert-OH is 1. The first-order valence-electron chi connectivity index (χ1n) is 5.18. The van der Waals surface area contributed by atoms with Crippen molar-refractivity contribution >= 4 is 23.6 Å². The van der Waals surface area contributed by atoms with Crippen LogP contribution >= 0.6 is 11.6 Å². The topological polar surface area (TPSA) is 40.5 Å². The van der Waals surface area contributed by atoms with Crippen LogP contribution in [0.4, 0.5) is 5.69 Å². The van der Waals surface area contributed by atoms with E-state index in [1.165, 1.54) is 0 Å². The Morgan fingerprint density at radius 1 is 1.56 bits per heavy atom. The summed E-state index contributed by atoms with van der Waals surface area (Å²) in [6.45, 7) is 2.50. The van der Waals surface area contributed by atoms with Crippen LogP contribution in [0.5, 0.6) is 0 Å². The van der Waals surface area contributed by atoms with E-state index in [2.05, 4.69) is 0 Å². The van der Waals surface area contributed by atoms with Gasteiger partial charge in [-0.25, -0.2) is 0 Å². The van der Waals surface area contributed by atoms with Gasteiger partial charge in [0.05, 0.1) is 11.1 Å². The molecule has 0 fully saturated rings. The molecule has 0 aliphatic heterocycles. The number of halogens is 1. The molecule has 0 saturated heterocycles. The number of carbonyl (C=O) groups excluding carboxylic acids is 1. The lowest BCUT2D eigenvalue weighted by molar-refractivity contribution is 0.112. The van der Waals surface area contributed by atoms with E-state index in [0.29, 0.717) is 17.0 Å². The molecular formula is C12H16ClNO2. The quantitative estimate of drug-likeness (QED) is 0.805. The maximum atomic E-state index is 10.6. The van der Waals surface area contributed by atoms with Gasteiger partial charge in [-0.1, -0.05) is 11.6 Å². The fourth-order valence-electron chi connectivity index (χ4n) is 1.36. The van der Waals surface area contributed by atoms with Gasteiger partial charge in [0, 0.05) is 24.8 Å². The molecule has 1 N–H and O–H groups in total. The summed E-state index contributed by atoms with van der Waals surface area (Å²) >= 11 is 5.93. The summed E-state index contributed by atoms with van der Waals surface area (Å²) in [5, 5.41) is 9.64. The van der Waals surface area contributed by atoms with Gasteiger partial charge in [0.15, 0.2) is 6.29 Å². The summed E-state index contributed by atoms with van der Waals surface area (Å²) in [4.78, 5) is 12.6. The highest BCUT2D eigenvalue weighted by molar-refractivity contribution is 6.33. The molecule has 1 unspecified atom stereocenters. The van der Waals surface area contributed by atoms with Gasteiger partial charge in [-0.2, -0.15) is 0 Å². The molecule has 1 rings (SSSR count). The lowest BCUT2D eigenvalue weighted by atomic mass is 10.2. The third-order valence-electron chi connectivity index (χ3n) is 2.43. The third kappa shape index (κ3) is 3.51. The number of anilines is 1. The number of hydrogen-bond acceptors (Lipinski definition) is 3. The van der Waals surface area contributed by atoms with E-state index in [9.17, 15) is 9.90 Å². The minimum Gasteiger partial charge on any atom is -0.393 e. The van der Waals surface area contributed by atoms with Gasteiger partial charge < -0.3 is 10.0 Å². The fourth-order valence-corrected chi connectivity index (χ4v) is 1.58. The number of carbonyl (C=O) groups is 1. The van der Waals surface area contributed by atoms with Crippen molar-refractivity contribution in [3.05, 3.63) is 28.8 Å². The van der Waals surface area contributed by atoms with Crippen molar-refractivity contribution in [1.82, 2.24) is 0 Å². The van der Waals surface area contributed by atoms with Gasteiger partial charge in [-0.05, 0) is 31.5 Å². The van der Waals surface area contributed by atoms with Crippen LogP contribution in [0.3, 0.4) is 0 Å². The Hall–Kier alpha value is -1.06. The molecule has 0 aliphatic carbocycles. The SMILES string of the molecule is CC(O)CCN(C)c1ccc(C=O)c(Cl)c1. The second kappa shape index (κ2) is 5.87. The Morgan fingerprint density at radius 3 is 2.75 bits per heavy atom. The smallest absolute Gasteiger partial charge is 0.151 e. The summed E-state index contributed by atoms with van der Waals surface area (Å²) < 4.78 is 0. The highest BCUT2D eigenvalue weighted by Crippen LogP contribution is 2.22. The molecule has 0 bridgehead atoms. The van der Waals surface area contributed by atoms with Gasteiger partial charge >= 0.3 is 0 Å². The molecule has 0 radical (unpaired) electrons. The van der Waals surface area contributed by atoms with E-state index in [0.717, 1.165) is 18.5 Å². The van der Waals surface area contributed by atoms with Gasteiger partial charge in [0.2, 0.25) is 0 Å². The van der Waals surface area contributed by atoms with E-state index in [-0.39, 0.29) is 6.10 Å². The summed E-state index contributed by atoms with van der Waals surface area (Å²) in [5.41, 5.74) is 1.44. The number of benzene rings is 1. The number of aldehydes is 1. The van der Waals surface area contributed by atoms with Gasteiger partial charge in [-0.3, -0.25) is 4.79 Å². The van der Waals surface area contributed by atoms with Crippen LogP contribution in [0.2, 0.25) is 5.02 Å². The minimum atomic E-state index is -0.313. The molecule has 4 heteroatoms. The van der Waals surface area contributed by atoms with E-state index < -0.39 is 0 Å². The molecule has 1 atom stereocenters. The van der Waals surface area contributed by atoms with E-state index in [4.69, 9.17) is 11.6 Å². The Labute approximate surface area is 101 Å². The van der Waals surface area contributed by atoms with Gasteiger partial charge in [0.25, 0.3) is 0 Å². The fraction of sp³-hybridized carbons (Fsp3) is 0.417. The van der Waals surface area contributed by atoms with Crippen molar-refractivity contribution in [1.29, 1.82) is 0 Å². The van der Waals surface area contributed by atoms with Crippen LogP contribution in [-0.2, 0) is 0 Å². The van der Waals surface area contributed by atoms with Crippen molar-refractivity contribution in [2.45, 2.75) is 19.4 Å². The molecule has 1 aromatic carbocycles. The molecule has 3 nitrogen and oxygen atoms in total. The predicted molar refractivity (Wildman–Crippen MR) is 66.4 cm³/mol. The molecule has 0 spiro atoms. The first-order chi connectivity index (χ1) is 7.54. The molecule has 88 valence electrons. The van der Waals surface area contributed by atoms with Crippen LogP contribution in [0, 0.1) is 0 Å². The number of aliphatic hydroxyl groups is 1. The Morgan fingerprint density at radius 2 is 2.25 bits per heavy atom. The van der Waals surface area contributed by atoms with E-state index in [1.54, 1.807) is 19.1 Å². The highest BCUT2D eigenvalue weighted by atomic mass is 35.5. The van der Waals surface area contributed by atoms with Crippen LogP contribution in [0.15, 0.2) is 18.2 Å². The van der Waals surface area contributed by atoms with Crippen molar-refractivity contribution in [3.63, 3.8) is 0 Å². The normalized spacial score (nSPS) is 12.2. The monoisotopic (exact) mass is 241 g/mol. The number of rotatable bonds is 5. The van der Waals surface area contributed by atoms with E-state index in [1.807, 2.05) is 18.0 Å². The summed E-state index contributed by atoms with van der Waals surface area (Å²) in [5.74, 6) is 0.